The van der Waals surface area contributed by atoms with E-state index in [1.165, 1.54) is 0 Å². The Morgan fingerprint density at radius 1 is 1.20 bits per heavy atom. The van der Waals surface area contributed by atoms with Gasteiger partial charge in [-0.05, 0) is 25.0 Å². The third kappa shape index (κ3) is 10.1. The molecule has 0 amide bonds. The summed E-state index contributed by atoms with van der Waals surface area (Å²) >= 11 is 6.51. The summed E-state index contributed by atoms with van der Waals surface area (Å²) in [5, 5.41) is 7.49. The lowest BCUT2D eigenvalue weighted by atomic mass is 10.0. The van der Waals surface area contributed by atoms with Crippen molar-refractivity contribution in [3.63, 3.8) is 0 Å². The van der Waals surface area contributed by atoms with E-state index in [9.17, 15) is 0 Å². The Kier molecular flexibility index (Phi) is 15.5. The summed E-state index contributed by atoms with van der Waals surface area (Å²) in [6.07, 6.45) is 0.908. The predicted molar refractivity (Wildman–Crippen MR) is 133 cm³/mol. The van der Waals surface area contributed by atoms with Crippen molar-refractivity contribution in [2.24, 2.45) is 4.99 Å². The first-order chi connectivity index (χ1) is 14.3. The summed E-state index contributed by atoms with van der Waals surface area (Å²) in [4.78, 5) is 7.25. The quantitative estimate of drug-likeness (QED) is 0.179. The minimum absolute atomic E-state index is 0. The molecule has 30 heavy (non-hydrogen) atoms. The van der Waals surface area contributed by atoms with Gasteiger partial charge in [0.15, 0.2) is 5.96 Å². The molecule has 1 atom stereocenters. The molecule has 1 aromatic rings. The number of hydrogen-bond donors (Lipinski definition) is 2. The molecule has 7 nitrogen and oxygen atoms in total. The van der Waals surface area contributed by atoms with Gasteiger partial charge >= 0.3 is 0 Å². The van der Waals surface area contributed by atoms with Gasteiger partial charge in [0.2, 0.25) is 0 Å². The maximum Gasteiger partial charge on any atom is 0.191 e. The van der Waals surface area contributed by atoms with Gasteiger partial charge in [-0.25, -0.2) is 0 Å². The Morgan fingerprint density at radius 2 is 1.97 bits per heavy atom. The Labute approximate surface area is 202 Å². The van der Waals surface area contributed by atoms with Crippen LogP contribution in [0.3, 0.4) is 0 Å². The van der Waals surface area contributed by atoms with E-state index < -0.39 is 0 Å². The number of nitrogens with zero attached hydrogens (tertiary/aromatic N) is 2. The number of aliphatic imine (C=N–C) groups is 1. The lowest BCUT2D eigenvalue weighted by molar-refractivity contribution is 0.0180. The fraction of sp³-hybridized carbons (Fsp3) is 0.667. The summed E-state index contributed by atoms with van der Waals surface area (Å²) in [5.41, 5.74) is 1.11. The number of nitrogens with one attached hydrogen (secondary N) is 2. The minimum Gasteiger partial charge on any atom is -0.382 e. The average Bonchev–Trinajstić information content (AvgIpc) is 2.75. The van der Waals surface area contributed by atoms with Gasteiger partial charge in [-0.1, -0.05) is 29.8 Å². The molecule has 0 spiro atoms. The molecule has 0 bridgehead atoms. The normalized spacial score (nSPS) is 16.0. The van der Waals surface area contributed by atoms with E-state index >= 15 is 0 Å². The van der Waals surface area contributed by atoms with Crippen LogP contribution in [-0.2, 0) is 14.2 Å². The first kappa shape index (κ1) is 27.4. The van der Waals surface area contributed by atoms with E-state index in [0.29, 0.717) is 26.4 Å². The largest absolute Gasteiger partial charge is 0.382 e. The zero-order valence-corrected chi connectivity index (χ0v) is 21.2. The van der Waals surface area contributed by atoms with E-state index in [0.717, 1.165) is 62.4 Å². The number of morpholine rings is 1. The molecule has 0 aromatic heterocycles. The van der Waals surface area contributed by atoms with Gasteiger partial charge in [-0.15, -0.1) is 24.0 Å². The highest BCUT2D eigenvalue weighted by Crippen LogP contribution is 2.28. The molecule has 0 aliphatic carbocycles. The van der Waals surface area contributed by atoms with E-state index in [1.807, 2.05) is 18.2 Å². The molecule has 2 N–H and O–H groups in total. The summed E-state index contributed by atoms with van der Waals surface area (Å²) < 4.78 is 16.0. The monoisotopic (exact) mass is 554 g/mol. The number of hydrogen-bond acceptors (Lipinski definition) is 5. The van der Waals surface area contributed by atoms with Crippen LogP contribution in [0.5, 0.6) is 0 Å². The molecule has 2 rings (SSSR count). The van der Waals surface area contributed by atoms with Crippen LogP contribution in [0.15, 0.2) is 29.3 Å². The van der Waals surface area contributed by atoms with Gasteiger partial charge < -0.3 is 24.8 Å². The summed E-state index contributed by atoms with van der Waals surface area (Å²) in [7, 11) is 1.68. The Hall–Kier alpha value is -0.650. The van der Waals surface area contributed by atoms with E-state index in [4.69, 9.17) is 30.8 Å². The highest BCUT2D eigenvalue weighted by atomic mass is 127. The smallest absolute Gasteiger partial charge is 0.191 e. The van der Waals surface area contributed by atoms with Crippen molar-refractivity contribution in [1.29, 1.82) is 0 Å². The third-order valence-corrected chi connectivity index (χ3v) is 5.05. The lowest BCUT2D eigenvalue weighted by Crippen LogP contribution is -2.42. The number of rotatable bonds is 12. The average molecular weight is 555 g/mol. The van der Waals surface area contributed by atoms with Crippen molar-refractivity contribution >= 4 is 41.5 Å². The van der Waals surface area contributed by atoms with Crippen molar-refractivity contribution in [2.45, 2.75) is 19.4 Å². The molecule has 0 radical (unpaired) electrons. The van der Waals surface area contributed by atoms with Crippen molar-refractivity contribution < 1.29 is 14.2 Å². The maximum absolute atomic E-state index is 6.51. The van der Waals surface area contributed by atoms with Crippen molar-refractivity contribution in [3.05, 3.63) is 34.9 Å². The fourth-order valence-electron chi connectivity index (χ4n) is 3.19. The standard InChI is InChI=1S/C21H35ClN4O3.HI/c1-3-23-21(24-9-6-12-28-16-15-27-2)25-17-20(26-10-13-29-14-11-26)18-7-4-5-8-19(18)22;/h4-5,7-8,20H,3,6,9-17H2,1-2H3,(H2,23,24,25);1H. The molecular weight excluding hydrogens is 519 g/mol. The van der Waals surface area contributed by atoms with Gasteiger partial charge in [0.1, 0.15) is 0 Å². The lowest BCUT2D eigenvalue weighted by Gasteiger charge is -2.34. The molecule has 0 saturated carbocycles. The molecule has 1 fully saturated rings. The second-order valence-corrected chi connectivity index (χ2v) is 7.20. The topological polar surface area (TPSA) is 67.4 Å². The van der Waals surface area contributed by atoms with Crippen molar-refractivity contribution in [1.82, 2.24) is 15.5 Å². The van der Waals surface area contributed by atoms with Crippen molar-refractivity contribution in [3.8, 4) is 0 Å². The molecule has 1 aromatic carbocycles. The van der Waals surface area contributed by atoms with Gasteiger partial charge in [-0.2, -0.15) is 0 Å². The number of methoxy groups -OCH3 is 1. The molecule has 1 saturated heterocycles. The van der Waals surface area contributed by atoms with Crippen LogP contribution in [0.1, 0.15) is 24.9 Å². The molecule has 172 valence electrons. The van der Waals surface area contributed by atoms with Crippen LogP contribution in [0.4, 0.5) is 0 Å². The van der Waals surface area contributed by atoms with Crippen LogP contribution in [0.2, 0.25) is 5.02 Å². The minimum atomic E-state index is 0. The first-order valence-corrected chi connectivity index (χ1v) is 10.8. The zero-order valence-electron chi connectivity index (χ0n) is 18.1. The number of ether oxygens (including phenoxy) is 3. The van der Waals surface area contributed by atoms with Crippen LogP contribution in [-0.4, -0.2) is 83.7 Å². The van der Waals surface area contributed by atoms with Crippen molar-refractivity contribution in [2.75, 3.05) is 72.9 Å². The van der Waals surface area contributed by atoms with Crippen LogP contribution in [0, 0.1) is 0 Å². The van der Waals surface area contributed by atoms with E-state index in [2.05, 4.69) is 28.5 Å². The Bertz CT molecular complexity index is 603. The number of halogens is 2. The van der Waals surface area contributed by atoms with E-state index in [1.54, 1.807) is 7.11 Å². The van der Waals surface area contributed by atoms with Crippen LogP contribution in [0.25, 0.3) is 0 Å². The molecular formula is C21H36ClIN4O3. The molecule has 9 heteroatoms. The summed E-state index contributed by atoms with van der Waals surface area (Å²) in [5.74, 6) is 0.815. The second-order valence-electron chi connectivity index (χ2n) is 6.79. The number of benzene rings is 1. The number of guanidine groups is 1. The highest BCUT2D eigenvalue weighted by molar-refractivity contribution is 14.0. The van der Waals surface area contributed by atoms with Crippen LogP contribution < -0.4 is 10.6 Å². The Morgan fingerprint density at radius 3 is 2.67 bits per heavy atom. The van der Waals surface area contributed by atoms with Gasteiger partial charge in [0.05, 0.1) is 39.0 Å². The summed E-state index contributed by atoms with van der Waals surface area (Å²) in [6.45, 7) is 9.51. The Balaban J connectivity index is 0.00000450. The third-order valence-electron chi connectivity index (χ3n) is 4.71. The summed E-state index contributed by atoms with van der Waals surface area (Å²) in [6, 6.07) is 8.16. The predicted octanol–water partition coefficient (Wildman–Crippen LogP) is 2.94. The highest BCUT2D eigenvalue weighted by Gasteiger charge is 2.24. The zero-order chi connectivity index (χ0) is 20.7. The van der Waals surface area contributed by atoms with Gasteiger partial charge in [0, 0.05) is 44.9 Å². The van der Waals surface area contributed by atoms with E-state index in [-0.39, 0.29) is 30.0 Å². The second kappa shape index (κ2) is 17.0. The molecule has 1 heterocycles. The fourth-order valence-corrected chi connectivity index (χ4v) is 3.45. The SMILES string of the molecule is CCNC(=NCC(c1ccccc1Cl)N1CCOCC1)NCCCOCCOC.I. The molecule has 1 unspecified atom stereocenters. The van der Waals surface area contributed by atoms with Gasteiger partial charge in [-0.3, -0.25) is 9.89 Å². The van der Waals surface area contributed by atoms with Gasteiger partial charge in [0.25, 0.3) is 0 Å². The van der Waals surface area contributed by atoms with Crippen LogP contribution >= 0.6 is 35.6 Å². The maximum atomic E-state index is 6.51. The molecule has 1 aliphatic heterocycles. The first-order valence-electron chi connectivity index (χ1n) is 10.4. The molecule has 1 aliphatic rings.